The maximum absolute atomic E-state index is 8.64. The normalized spacial score (nSPS) is 9.90. The Morgan fingerprint density at radius 2 is 2.50 bits per heavy atom. The molecule has 0 fully saturated rings. The minimum atomic E-state index is -0.0444. The Morgan fingerprint density at radius 3 is 2.80 bits per heavy atom. The fraction of sp³-hybridized carbons (Fsp3) is 0.500. The van der Waals surface area contributed by atoms with Gasteiger partial charge in [-0.1, -0.05) is 0 Å². The Labute approximate surface area is 59.0 Å². The molecule has 0 bridgehead atoms. The van der Waals surface area contributed by atoms with Gasteiger partial charge in [-0.05, 0) is 0 Å². The number of aliphatic hydroxyl groups is 1. The first kappa shape index (κ1) is 7.08. The molecule has 0 amide bonds. The zero-order valence-corrected chi connectivity index (χ0v) is 6.03. The molecule has 0 aliphatic carbocycles. The summed E-state index contributed by atoms with van der Waals surface area (Å²) in [5, 5.41) is 12.6. The van der Waals surface area contributed by atoms with Crippen LogP contribution in [-0.4, -0.2) is 22.0 Å². The first-order valence-corrected chi connectivity index (χ1v) is 2.95. The third kappa shape index (κ3) is 1.11. The number of aromatic nitrogens is 2. The second-order valence-corrected chi connectivity index (χ2v) is 1.96. The maximum Gasteiger partial charge on any atom is 0.211 e. The second-order valence-electron chi connectivity index (χ2n) is 1.96. The lowest BCUT2D eigenvalue weighted by Crippen LogP contribution is -1.95. The quantitative estimate of drug-likeness (QED) is 0.628. The Kier molecular flexibility index (Phi) is 1.91. The summed E-state index contributed by atoms with van der Waals surface area (Å²) >= 11 is 0. The summed E-state index contributed by atoms with van der Waals surface area (Å²) in [6, 6.07) is 1.69. The number of methoxy groups -OCH3 is 1. The molecular weight excluding hydrogens is 132 g/mol. The molecule has 4 heteroatoms. The van der Waals surface area contributed by atoms with E-state index in [1.807, 2.05) is 0 Å². The first-order chi connectivity index (χ1) is 4.77. The van der Waals surface area contributed by atoms with Crippen LogP contribution >= 0.6 is 0 Å². The Morgan fingerprint density at radius 1 is 1.80 bits per heavy atom. The third-order valence-electron chi connectivity index (χ3n) is 1.26. The molecule has 0 unspecified atom stereocenters. The SMILES string of the molecule is COc1cc(CO)nn1C. The van der Waals surface area contributed by atoms with Crippen molar-refractivity contribution in [1.82, 2.24) is 9.78 Å². The summed E-state index contributed by atoms with van der Waals surface area (Å²) in [7, 11) is 3.33. The number of ether oxygens (including phenoxy) is 1. The van der Waals surface area contributed by atoms with Crippen molar-refractivity contribution in [2.24, 2.45) is 7.05 Å². The Bertz CT molecular complexity index is 220. The van der Waals surface area contributed by atoms with Gasteiger partial charge in [0.15, 0.2) is 0 Å². The summed E-state index contributed by atoms with van der Waals surface area (Å²) in [6.45, 7) is -0.0444. The van der Waals surface area contributed by atoms with Gasteiger partial charge in [0.05, 0.1) is 19.4 Å². The molecule has 10 heavy (non-hydrogen) atoms. The Balaban J connectivity index is 2.92. The van der Waals surface area contributed by atoms with E-state index in [4.69, 9.17) is 9.84 Å². The number of rotatable bonds is 2. The summed E-state index contributed by atoms with van der Waals surface area (Å²) in [5.74, 6) is 0.657. The van der Waals surface area contributed by atoms with Gasteiger partial charge >= 0.3 is 0 Å². The van der Waals surface area contributed by atoms with Crippen molar-refractivity contribution in [3.8, 4) is 5.88 Å². The van der Waals surface area contributed by atoms with E-state index < -0.39 is 0 Å². The molecule has 1 aromatic rings. The molecule has 0 saturated heterocycles. The predicted molar refractivity (Wildman–Crippen MR) is 35.7 cm³/mol. The topological polar surface area (TPSA) is 47.3 Å². The molecule has 0 spiro atoms. The molecule has 4 nitrogen and oxygen atoms in total. The van der Waals surface area contributed by atoms with Gasteiger partial charge in [0, 0.05) is 13.1 Å². The van der Waals surface area contributed by atoms with Gasteiger partial charge in [0.25, 0.3) is 0 Å². The first-order valence-electron chi connectivity index (χ1n) is 2.95. The number of aliphatic hydroxyl groups excluding tert-OH is 1. The highest BCUT2D eigenvalue weighted by molar-refractivity contribution is 5.14. The molecule has 0 saturated carbocycles. The van der Waals surface area contributed by atoms with Crippen LogP contribution in [0.3, 0.4) is 0 Å². The lowest BCUT2D eigenvalue weighted by molar-refractivity contribution is 0.275. The standard InChI is InChI=1S/C6H10N2O2/c1-8-6(10-2)3-5(4-9)7-8/h3,9H,4H2,1-2H3. The van der Waals surface area contributed by atoms with Crippen molar-refractivity contribution in [3.05, 3.63) is 11.8 Å². The molecule has 1 N–H and O–H groups in total. The highest BCUT2D eigenvalue weighted by Crippen LogP contribution is 2.09. The smallest absolute Gasteiger partial charge is 0.211 e. The van der Waals surface area contributed by atoms with Crippen molar-refractivity contribution in [2.45, 2.75) is 6.61 Å². The van der Waals surface area contributed by atoms with Crippen LogP contribution in [0.4, 0.5) is 0 Å². The van der Waals surface area contributed by atoms with E-state index in [1.54, 1.807) is 24.9 Å². The lowest BCUT2D eigenvalue weighted by atomic mass is 10.5. The van der Waals surface area contributed by atoms with Crippen molar-refractivity contribution in [3.63, 3.8) is 0 Å². The Hall–Kier alpha value is -1.03. The molecule has 0 aliphatic heterocycles. The van der Waals surface area contributed by atoms with Crippen LogP contribution in [0, 0.1) is 0 Å². The number of hydrogen-bond acceptors (Lipinski definition) is 3. The van der Waals surface area contributed by atoms with E-state index in [9.17, 15) is 0 Å². The van der Waals surface area contributed by atoms with Crippen LogP contribution in [0.2, 0.25) is 0 Å². The van der Waals surface area contributed by atoms with Crippen molar-refractivity contribution in [2.75, 3.05) is 7.11 Å². The van der Waals surface area contributed by atoms with Crippen molar-refractivity contribution in [1.29, 1.82) is 0 Å². The molecule has 56 valence electrons. The molecule has 1 aromatic heterocycles. The van der Waals surface area contributed by atoms with Gasteiger partial charge in [-0.2, -0.15) is 5.10 Å². The van der Waals surface area contributed by atoms with E-state index in [1.165, 1.54) is 0 Å². The lowest BCUT2D eigenvalue weighted by Gasteiger charge is -1.95. The highest BCUT2D eigenvalue weighted by Gasteiger charge is 2.01. The van der Waals surface area contributed by atoms with Crippen LogP contribution in [0.15, 0.2) is 6.07 Å². The predicted octanol–water partition coefficient (Wildman–Crippen LogP) is -0.0790. The van der Waals surface area contributed by atoms with Crippen LogP contribution in [-0.2, 0) is 13.7 Å². The van der Waals surface area contributed by atoms with Crippen molar-refractivity contribution >= 4 is 0 Å². The zero-order chi connectivity index (χ0) is 7.56. The molecule has 1 heterocycles. The van der Waals surface area contributed by atoms with Crippen LogP contribution in [0.1, 0.15) is 5.69 Å². The number of hydrogen-bond donors (Lipinski definition) is 1. The molecule has 0 aliphatic rings. The number of nitrogens with zero attached hydrogens (tertiary/aromatic N) is 2. The monoisotopic (exact) mass is 142 g/mol. The van der Waals surface area contributed by atoms with Crippen LogP contribution < -0.4 is 4.74 Å². The van der Waals surface area contributed by atoms with E-state index in [0.717, 1.165) is 0 Å². The average Bonchev–Trinajstić information content (AvgIpc) is 2.30. The largest absolute Gasteiger partial charge is 0.481 e. The van der Waals surface area contributed by atoms with Gasteiger partial charge in [-0.3, -0.25) is 0 Å². The molecule has 1 rings (SSSR count). The van der Waals surface area contributed by atoms with E-state index in [-0.39, 0.29) is 6.61 Å². The van der Waals surface area contributed by atoms with E-state index >= 15 is 0 Å². The van der Waals surface area contributed by atoms with Crippen LogP contribution in [0.5, 0.6) is 5.88 Å². The fourth-order valence-corrected chi connectivity index (χ4v) is 0.775. The fourth-order valence-electron chi connectivity index (χ4n) is 0.775. The summed E-state index contributed by atoms with van der Waals surface area (Å²) in [6.07, 6.45) is 0. The van der Waals surface area contributed by atoms with Gasteiger partial charge in [0.1, 0.15) is 0 Å². The third-order valence-corrected chi connectivity index (χ3v) is 1.26. The van der Waals surface area contributed by atoms with Gasteiger partial charge < -0.3 is 9.84 Å². The molecule has 0 atom stereocenters. The molecule has 0 aromatic carbocycles. The molecular formula is C6H10N2O2. The summed E-state index contributed by atoms with van der Waals surface area (Å²) < 4.78 is 6.49. The zero-order valence-electron chi connectivity index (χ0n) is 6.03. The van der Waals surface area contributed by atoms with Crippen molar-refractivity contribution < 1.29 is 9.84 Å². The highest BCUT2D eigenvalue weighted by atomic mass is 16.5. The average molecular weight is 142 g/mol. The second kappa shape index (κ2) is 2.70. The minimum Gasteiger partial charge on any atom is -0.481 e. The van der Waals surface area contributed by atoms with Gasteiger partial charge in [-0.15, -0.1) is 0 Å². The summed E-state index contributed by atoms with van der Waals surface area (Å²) in [5.41, 5.74) is 0.624. The minimum absolute atomic E-state index is 0.0444. The van der Waals surface area contributed by atoms with Gasteiger partial charge in [0.2, 0.25) is 5.88 Å². The number of aryl methyl sites for hydroxylation is 1. The van der Waals surface area contributed by atoms with E-state index in [0.29, 0.717) is 11.6 Å². The van der Waals surface area contributed by atoms with E-state index in [2.05, 4.69) is 5.10 Å². The van der Waals surface area contributed by atoms with Crippen LogP contribution in [0.25, 0.3) is 0 Å². The van der Waals surface area contributed by atoms with Gasteiger partial charge in [-0.25, -0.2) is 4.68 Å². The maximum atomic E-state index is 8.64. The summed E-state index contributed by atoms with van der Waals surface area (Å²) in [4.78, 5) is 0. The molecule has 0 radical (unpaired) electrons.